The Balaban J connectivity index is 1.57. The highest BCUT2D eigenvalue weighted by atomic mass is 16.2. The van der Waals surface area contributed by atoms with Crippen LogP contribution in [0.5, 0.6) is 0 Å². The first-order chi connectivity index (χ1) is 14.2. The van der Waals surface area contributed by atoms with Gasteiger partial charge in [-0.05, 0) is 23.8 Å². The molecule has 0 aliphatic heterocycles. The number of nitrogens with zero attached hydrogens (tertiary/aromatic N) is 4. The average molecular weight is 387 g/mol. The molecule has 4 aromatic rings. The molecule has 4 rings (SSSR count). The first kappa shape index (κ1) is 18.6. The summed E-state index contributed by atoms with van der Waals surface area (Å²) in [5.74, 6) is 0.442. The lowest BCUT2D eigenvalue weighted by Crippen LogP contribution is -2.32. The van der Waals surface area contributed by atoms with Crippen LogP contribution in [-0.4, -0.2) is 30.6 Å². The second-order valence-electron chi connectivity index (χ2n) is 6.78. The van der Waals surface area contributed by atoms with E-state index in [9.17, 15) is 9.59 Å². The Kier molecular flexibility index (Phi) is 5.47. The topological polar surface area (TPSA) is 83.9 Å². The summed E-state index contributed by atoms with van der Waals surface area (Å²) < 4.78 is 1.73. The minimum atomic E-state index is -0.200. The number of para-hydroxylation sites is 1. The van der Waals surface area contributed by atoms with E-state index in [1.54, 1.807) is 34.0 Å². The van der Waals surface area contributed by atoms with E-state index in [0.29, 0.717) is 36.2 Å². The highest BCUT2D eigenvalue weighted by Crippen LogP contribution is 2.12. The molecule has 0 aliphatic rings. The maximum atomic E-state index is 13.0. The minimum Gasteiger partial charge on any atom is -0.331 e. The number of nitrogens with one attached hydrogen (secondary N) is 1. The number of hydrogen-bond acceptors (Lipinski definition) is 4. The Morgan fingerprint density at radius 2 is 1.79 bits per heavy atom. The summed E-state index contributed by atoms with van der Waals surface area (Å²) in [5, 5.41) is 4.69. The van der Waals surface area contributed by atoms with Crippen molar-refractivity contribution >= 4 is 16.8 Å². The van der Waals surface area contributed by atoms with Gasteiger partial charge in [0.05, 0.1) is 17.4 Å². The van der Waals surface area contributed by atoms with E-state index in [4.69, 9.17) is 0 Å². The fraction of sp³-hybridized carbons (Fsp3) is 0.182. The summed E-state index contributed by atoms with van der Waals surface area (Å²) >= 11 is 0. The molecule has 2 aromatic carbocycles. The first-order valence-corrected chi connectivity index (χ1v) is 9.46. The molecule has 0 aliphatic carbocycles. The van der Waals surface area contributed by atoms with Gasteiger partial charge in [-0.3, -0.25) is 14.3 Å². The Bertz CT molecular complexity index is 1150. The molecule has 0 fully saturated rings. The molecule has 0 radical (unpaired) electrons. The number of amides is 1. The maximum Gasteiger partial charge on any atom is 0.258 e. The number of benzene rings is 2. The van der Waals surface area contributed by atoms with E-state index in [0.717, 1.165) is 5.56 Å². The van der Waals surface area contributed by atoms with Crippen LogP contribution < -0.4 is 5.56 Å². The van der Waals surface area contributed by atoms with Crippen LogP contribution in [0.25, 0.3) is 10.9 Å². The van der Waals surface area contributed by atoms with Gasteiger partial charge in [-0.2, -0.15) is 5.10 Å². The van der Waals surface area contributed by atoms with Crippen molar-refractivity contribution in [2.24, 2.45) is 0 Å². The predicted molar refractivity (Wildman–Crippen MR) is 110 cm³/mol. The summed E-state index contributed by atoms with van der Waals surface area (Å²) in [4.78, 5) is 34.4. The molecule has 0 spiro atoms. The number of H-pyrrole nitrogens is 1. The summed E-state index contributed by atoms with van der Waals surface area (Å²) in [6, 6.07) is 18.8. The summed E-state index contributed by atoms with van der Waals surface area (Å²) in [6.45, 7) is 1.17. The number of fused-ring (bicyclic) bond motifs is 1. The van der Waals surface area contributed by atoms with Crippen molar-refractivity contribution in [3.05, 3.63) is 94.8 Å². The fourth-order valence-corrected chi connectivity index (χ4v) is 3.23. The number of carbonyl (C=O) groups is 1. The zero-order valence-corrected chi connectivity index (χ0v) is 15.9. The molecule has 0 unspecified atom stereocenters. The van der Waals surface area contributed by atoms with Gasteiger partial charge in [0.15, 0.2) is 0 Å². The number of hydrogen-bond donors (Lipinski definition) is 1. The lowest BCUT2D eigenvalue weighted by atomic mass is 10.2. The van der Waals surface area contributed by atoms with Gasteiger partial charge in [0.2, 0.25) is 5.91 Å². The Morgan fingerprint density at radius 1 is 1.00 bits per heavy atom. The molecule has 0 saturated heterocycles. The van der Waals surface area contributed by atoms with Crippen molar-refractivity contribution in [3.8, 4) is 0 Å². The van der Waals surface area contributed by atoms with E-state index in [2.05, 4.69) is 15.1 Å². The molecule has 7 heteroatoms. The molecule has 0 saturated carbocycles. The van der Waals surface area contributed by atoms with Crippen LogP contribution in [0, 0.1) is 0 Å². The zero-order chi connectivity index (χ0) is 20.1. The number of carbonyl (C=O) groups excluding carboxylic acids is 1. The molecule has 7 nitrogen and oxygen atoms in total. The van der Waals surface area contributed by atoms with Crippen molar-refractivity contribution in [2.45, 2.75) is 26.1 Å². The summed E-state index contributed by atoms with van der Waals surface area (Å²) in [6.07, 6.45) is 3.83. The lowest BCUT2D eigenvalue weighted by Gasteiger charge is -2.22. The smallest absolute Gasteiger partial charge is 0.258 e. The van der Waals surface area contributed by atoms with Crippen LogP contribution >= 0.6 is 0 Å². The van der Waals surface area contributed by atoms with E-state index >= 15 is 0 Å². The van der Waals surface area contributed by atoms with Crippen molar-refractivity contribution in [3.63, 3.8) is 0 Å². The molecule has 146 valence electrons. The molecule has 0 bridgehead atoms. The van der Waals surface area contributed by atoms with Crippen LogP contribution in [0.2, 0.25) is 0 Å². The molecule has 1 N–H and O–H groups in total. The lowest BCUT2D eigenvalue weighted by molar-refractivity contribution is -0.132. The highest BCUT2D eigenvalue weighted by Gasteiger charge is 2.17. The van der Waals surface area contributed by atoms with Gasteiger partial charge in [0.1, 0.15) is 5.82 Å². The van der Waals surface area contributed by atoms with Crippen molar-refractivity contribution in [2.75, 3.05) is 0 Å². The van der Waals surface area contributed by atoms with Crippen LogP contribution in [-0.2, 0) is 24.4 Å². The normalized spacial score (nSPS) is 10.9. The van der Waals surface area contributed by atoms with Gasteiger partial charge in [0.25, 0.3) is 5.56 Å². The summed E-state index contributed by atoms with van der Waals surface area (Å²) in [5.41, 5.74) is 1.44. The third kappa shape index (κ3) is 4.57. The third-order valence-electron chi connectivity index (χ3n) is 4.69. The SMILES string of the molecule is O=C(CCn1cccn1)N(Cc1ccccc1)Cc1nc2ccccc2c(=O)[nH]1. The van der Waals surface area contributed by atoms with E-state index < -0.39 is 0 Å². The number of rotatable bonds is 7. The number of aromatic amines is 1. The van der Waals surface area contributed by atoms with Gasteiger partial charge < -0.3 is 9.88 Å². The Labute approximate surface area is 167 Å². The molecule has 2 aromatic heterocycles. The highest BCUT2D eigenvalue weighted by molar-refractivity contribution is 5.78. The van der Waals surface area contributed by atoms with Crippen LogP contribution in [0.15, 0.2) is 77.9 Å². The summed E-state index contributed by atoms with van der Waals surface area (Å²) in [7, 11) is 0. The quantitative estimate of drug-likeness (QED) is 0.528. The zero-order valence-electron chi connectivity index (χ0n) is 15.9. The maximum absolute atomic E-state index is 13.0. The minimum absolute atomic E-state index is 0.0276. The molecule has 29 heavy (non-hydrogen) atoms. The van der Waals surface area contributed by atoms with Crippen molar-refractivity contribution in [1.29, 1.82) is 0 Å². The van der Waals surface area contributed by atoms with E-state index in [1.165, 1.54) is 0 Å². The average Bonchev–Trinajstić information content (AvgIpc) is 3.26. The van der Waals surface area contributed by atoms with Crippen LogP contribution in [0.4, 0.5) is 0 Å². The van der Waals surface area contributed by atoms with Crippen LogP contribution in [0.3, 0.4) is 0 Å². The fourth-order valence-electron chi connectivity index (χ4n) is 3.23. The standard InChI is InChI=1S/C22H21N5O2/c28-21(11-14-27-13-6-12-23-27)26(15-17-7-2-1-3-8-17)16-20-24-19-10-5-4-9-18(19)22(29)25-20/h1-10,12-13H,11,14-16H2,(H,24,25,29). The number of aryl methyl sites for hydroxylation is 1. The van der Waals surface area contributed by atoms with Gasteiger partial charge in [-0.25, -0.2) is 4.98 Å². The largest absolute Gasteiger partial charge is 0.331 e. The Morgan fingerprint density at radius 3 is 2.59 bits per heavy atom. The predicted octanol–water partition coefficient (Wildman–Crippen LogP) is 2.74. The molecule has 0 atom stereocenters. The van der Waals surface area contributed by atoms with E-state index in [1.807, 2.05) is 48.7 Å². The van der Waals surface area contributed by atoms with Crippen molar-refractivity contribution < 1.29 is 4.79 Å². The first-order valence-electron chi connectivity index (χ1n) is 9.46. The van der Waals surface area contributed by atoms with Gasteiger partial charge in [0, 0.05) is 31.9 Å². The molecular formula is C22H21N5O2. The molecular weight excluding hydrogens is 366 g/mol. The monoisotopic (exact) mass is 387 g/mol. The van der Waals surface area contributed by atoms with Gasteiger partial charge in [-0.1, -0.05) is 42.5 Å². The van der Waals surface area contributed by atoms with Gasteiger partial charge >= 0.3 is 0 Å². The van der Waals surface area contributed by atoms with Gasteiger partial charge in [-0.15, -0.1) is 0 Å². The molecule has 2 heterocycles. The Hall–Kier alpha value is -3.74. The van der Waals surface area contributed by atoms with Crippen molar-refractivity contribution in [1.82, 2.24) is 24.6 Å². The van der Waals surface area contributed by atoms with E-state index in [-0.39, 0.29) is 18.0 Å². The third-order valence-corrected chi connectivity index (χ3v) is 4.69. The second kappa shape index (κ2) is 8.52. The second-order valence-corrected chi connectivity index (χ2v) is 6.78. The number of aromatic nitrogens is 4. The van der Waals surface area contributed by atoms with Crippen LogP contribution in [0.1, 0.15) is 17.8 Å². The molecule has 1 amide bonds.